The highest BCUT2D eigenvalue weighted by Crippen LogP contribution is 2.18. The number of anilines is 1. The lowest BCUT2D eigenvalue weighted by molar-refractivity contribution is -0.149. The zero-order valence-electron chi connectivity index (χ0n) is 17.6. The second kappa shape index (κ2) is 13.4. The molecule has 1 amide bonds. The predicted molar refractivity (Wildman–Crippen MR) is 127 cm³/mol. The molecule has 1 saturated heterocycles. The van der Waals surface area contributed by atoms with Crippen LogP contribution in [-0.2, 0) is 20.7 Å². The highest BCUT2D eigenvalue weighted by molar-refractivity contribution is 14.0. The average molecular weight is 516 g/mol. The third kappa shape index (κ3) is 8.59. The molecule has 0 saturated carbocycles. The van der Waals surface area contributed by atoms with Crippen molar-refractivity contribution in [2.75, 3.05) is 38.1 Å². The number of rotatable bonds is 7. The number of hydrogen-bond donors (Lipinski definition) is 2. The molecule has 0 aliphatic carbocycles. The number of benzene rings is 1. The number of halogens is 1. The summed E-state index contributed by atoms with van der Waals surface area (Å²) >= 11 is 0. The van der Waals surface area contributed by atoms with Gasteiger partial charge >= 0.3 is 5.97 Å². The van der Waals surface area contributed by atoms with E-state index in [1.165, 1.54) is 6.92 Å². The van der Waals surface area contributed by atoms with Crippen LogP contribution in [0.5, 0.6) is 0 Å². The Morgan fingerprint density at radius 1 is 1.24 bits per heavy atom. The lowest BCUT2D eigenvalue weighted by atomic mass is 9.98. The Kier molecular flexibility index (Phi) is 11.6. The molecule has 1 heterocycles. The van der Waals surface area contributed by atoms with E-state index in [4.69, 9.17) is 9.73 Å². The van der Waals surface area contributed by atoms with Crippen molar-refractivity contribution < 1.29 is 14.3 Å². The molecule has 0 bridgehead atoms. The van der Waals surface area contributed by atoms with Crippen LogP contribution < -0.4 is 10.6 Å². The maximum absolute atomic E-state index is 12.1. The topological polar surface area (TPSA) is 83.0 Å². The van der Waals surface area contributed by atoms with Gasteiger partial charge in [0.15, 0.2) is 5.96 Å². The molecule has 0 radical (unpaired) electrons. The quantitative estimate of drug-likeness (QED) is 0.252. The van der Waals surface area contributed by atoms with Crippen LogP contribution in [0.1, 0.15) is 39.2 Å². The van der Waals surface area contributed by atoms with Gasteiger partial charge in [-0.1, -0.05) is 12.1 Å². The minimum absolute atomic E-state index is 0. The standard InChI is InChI=1S/C21H32N4O3.HI/c1-4-22-21(25-14-6-7-18(15-25)20(27)28-5-2)23-13-12-17-8-10-19(11-9-17)24-16(3)26;/h8-11,18H,4-7,12-15H2,1-3H3,(H,22,23)(H,24,26);1H. The molecule has 2 rings (SSSR count). The van der Waals surface area contributed by atoms with Gasteiger partial charge in [0.1, 0.15) is 0 Å². The number of hydrogen-bond acceptors (Lipinski definition) is 4. The Morgan fingerprint density at radius 3 is 2.59 bits per heavy atom. The SMILES string of the molecule is CCNC(=NCCc1ccc(NC(C)=O)cc1)N1CCCC(C(=O)OCC)C1.I. The van der Waals surface area contributed by atoms with E-state index in [1.54, 1.807) is 0 Å². The van der Waals surface area contributed by atoms with Crippen molar-refractivity contribution in [3.8, 4) is 0 Å². The van der Waals surface area contributed by atoms with Crippen LogP contribution in [0.4, 0.5) is 5.69 Å². The van der Waals surface area contributed by atoms with E-state index in [1.807, 2.05) is 38.1 Å². The summed E-state index contributed by atoms with van der Waals surface area (Å²) < 4.78 is 5.19. The molecule has 0 aromatic heterocycles. The van der Waals surface area contributed by atoms with Crippen LogP contribution in [0, 0.1) is 5.92 Å². The van der Waals surface area contributed by atoms with Crippen molar-refractivity contribution in [2.24, 2.45) is 10.9 Å². The molecular formula is C21H33IN4O3. The summed E-state index contributed by atoms with van der Waals surface area (Å²) in [7, 11) is 0. The molecule has 2 N–H and O–H groups in total. The first-order valence-corrected chi connectivity index (χ1v) is 10.1. The number of carbonyl (C=O) groups excluding carboxylic acids is 2. The molecular weight excluding hydrogens is 483 g/mol. The van der Waals surface area contributed by atoms with E-state index in [0.29, 0.717) is 19.7 Å². The fraction of sp³-hybridized carbons (Fsp3) is 0.571. The fourth-order valence-corrected chi connectivity index (χ4v) is 3.30. The third-order valence-corrected chi connectivity index (χ3v) is 4.61. The van der Waals surface area contributed by atoms with Gasteiger partial charge in [0.05, 0.1) is 12.5 Å². The molecule has 1 aromatic carbocycles. The molecule has 1 atom stereocenters. The Labute approximate surface area is 190 Å². The van der Waals surface area contributed by atoms with Crippen molar-refractivity contribution in [1.29, 1.82) is 0 Å². The number of nitrogens with one attached hydrogen (secondary N) is 2. The van der Waals surface area contributed by atoms with Crippen molar-refractivity contribution in [2.45, 2.75) is 40.0 Å². The van der Waals surface area contributed by atoms with Crippen molar-refractivity contribution in [3.05, 3.63) is 29.8 Å². The van der Waals surface area contributed by atoms with Gasteiger partial charge in [0, 0.05) is 38.8 Å². The minimum Gasteiger partial charge on any atom is -0.466 e. The molecule has 162 valence electrons. The monoisotopic (exact) mass is 516 g/mol. The van der Waals surface area contributed by atoms with Gasteiger partial charge in [0.25, 0.3) is 0 Å². The van der Waals surface area contributed by atoms with Crippen LogP contribution in [0.25, 0.3) is 0 Å². The molecule has 8 heteroatoms. The van der Waals surface area contributed by atoms with Gasteiger partial charge in [0.2, 0.25) is 5.91 Å². The van der Waals surface area contributed by atoms with Crippen LogP contribution in [-0.4, -0.2) is 55.5 Å². The van der Waals surface area contributed by atoms with Crippen molar-refractivity contribution in [3.63, 3.8) is 0 Å². The van der Waals surface area contributed by atoms with Crippen molar-refractivity contribution >= 4 is 47.5 Å². The van der Waals surface area contributed by atoms with Gasteiger partial charge in [-0.05, 0) is 50.8 Å². The number of carbonyl (C=O) groups is 2. The number of esters is 1. The maximum Gasteiger partial charge on any atom is 0.310 e. The Balaban J connectivity index is 0.00000420. The van der Waals surface area contributed by atoms with Crippen LogP contribution in [0.3, 0.4) is 0 Å². The highest BCUT2D eigenvalue weighted by Gasteiger charge is 2.28. The number of piperidine rings is 1. The molecule has 7 nitrogen and oxygen atoms in total. The van der Waals surface area contributed by atoms with Crippen LogP contribution >= 0.6 is 24.0 Å². The van der Waals surface area contributed by atoms with E-state index >= 15 is 0 Å². The van der Waals surface area contributed by atoms with Crippen LogP contribution in [0.15, 0.2) is 29.3 Å². The average Bonchev–Trinajstić information content (AvgIpc) is 2.68. The van der Waals surface area contributed by atoms with Gasteiger partial charge in [-0.25, -0.2) is 0 Å². The first-order valence-electron chi connectivity index (χ1n) is 10.1. The number of ether oxygens (including phenoxy) is 1. The number of aliphatic imine (C=N–C) groups is 1. The summed E-state index contributed by atoms with van der Waals surface area (Å²) in [5.41, 5.74) is 1.96. The van der Waals surface area contributed by atoms with Gasteiger partial charge < -0.3 is 20.3 Å². The smallest absolute Gasteiger partial charge is 0.310 e. The largest absolute Gasteiger partial charge is 0.466 e. The zero-order chi connectivity index (χ0) is 20.4. The van der Waals surface area contributed by atoms with Crippen molar-refractivity contribution in [1.82, 2.24) is 10.2 Å². The van der Waals surface area contributed by atoms with E-state index in [0.717, 1.165) is 49.6 Å². The summed E-state index contributed by atoms with van der Waals surface area (Å²) in [5, 5.41) is 6.10. The van der Waals surface area contributed by atoms with Gasteiger partial charge in [-0.15, -0.1) is 24.0 Å². The van der Waals surface area contributed by atoms with Gasteiger partial charge in [-0.2, -0.15) is 0 Å². The third-order valence-electron chi connectivity index (χ3n) is 4.61. The summed E-state index contributed by atoms with van der Waals surface area (Å²) in [6.45, 7) is 8.79. The number of likely N-dealkylation sites (tertiary alicyclic amines) is 1. The zero-order valence-corrected chi connectivity index (χ0v) is 19.9. The highest BCUT2D eigenvalue weighted by atomic mass is 127. The second-order valence-corrected chi connectivity index (χ2v) is 6.90. The number of amides is 1. The normalized spacial score (nSPS) is 16.6. The maximum atomic E-state index is 12.1. The first-order chi connectivity index (χ1) is 13.5. The molecule has 1 aromatic rings. The summed E-state index contributed by atoms with van der Waals surface area (Å²) in [6.07, 6.45) is 2.64. The van der Waals surface area contributed by atoms with E-state index in [9.17, 15) is 9.59 Å². The second-order valence-electron chi connectivity index (χ2n) is 6.90. The lowest BCUT2D eigenvalue weighted by Crippen LogP contribution is -2.48. The summed E-state index contributed by atoms with van der Waals surface area (Å²) in [6, 6.07) is 7.82. The minimum atomic E-state index is -0.109. The Morgan fingerprint density at radius 2 is 1.97 bits per heavy atom. The summed E-state index contributed by atoms with van der Waals surface area (Å²) in [5.74, 6) is 0.586. The number of guanidine groups is 1. The predicted octanol–water partition coefficient (Wildman–Crippen LogP) is 3.05. The number of nitrogens with zero attached hydrogens (tertiary/aromatic N) is 2. The molecule has 1 aliphatic heterocycles. The Hall–Kier alpha value is -1.84. The van der Waals surface area contributed by atoms with Gasteiger partial charge in [-0.3, -0.25) is 14.6 Å². The first kappa shape index (κ1) is 25.2. The van der Waals surface area contributed by atoms with E-state index in [2.05, 4.69) is 15.5 Å². The molecule has 29 heavy (non-hydrogen) atoms. The van der Waals surface area contributed by atoms with E-state index < -0.39 is 0 Å². The van der Waals surface area contributed by atoms with E-state index in [-0.39, 0.29) is 41.8 Å². The molecule has 1 fully saturated rings. The molecule has 0 spiro atoms. The molecule has 1 unspecified atom stereocenters. The van der Waals surface area contributed by atoms with Crippen LogP contribution in [0.2, 0.25) is 0 Å². The lowest BCUT2D eigenvalue weighted by Gasteiger charge is -2.34. The summed E-state index contributed by atoms with van der Waals surface area (Å²) in [4.78, 5) is 30.1. The molecule has 1 aliphatic rings. The fourth-order valence-electron chi connectivity index (χ4n) is 3.30. The Bertz CT molecular complexity index is 679.